The van der Waals surface area contributed by atoms with Gasteiger partial charge in [-0.15, -0.1) is 0 Å². The Morgan fingerprint density at radius 3 is 2.78 bits per heavy atom. The number of aromatic nitrogens is 3. The molecule has 18 heavy (non-hydrogen) atoms. The van der Waals surface area contributed by atoms with Crippen LogP contribution in [0, 0.1) is 0 Å². The Hall–Kier alpha value is -0.940. The van der Waals surface area contributed by atoms with E-state index in [1.165, 1.54) is 0 Å². The molecular weight excluding hydrogens is 228 g/mol. The van der Waals surface area contributed by atoms with Crippen LogP contribution in [0.15, 0.2) is 6.33 Å². The monoisotopic (exact) mass is 254 g/mol. The van der Waals surface area contributed by atoms with Gasteiger partial charge in [-0.3, -0.25) is 0 Å². The molecule has 1 N–H and O–H groups in total. The Bertz CT molecular complexity index is 325. The molecule has 1 heterocycles. The lowest BCUT2D eigenvalue weighted by Crippen LogP contribution is -2.30. The highest BCUT2D eigenvalue weighted by molar-refractivity contribution is 4.91. The van der Waals surface area contributed by atoms with E-state index in [1.54, 1.807) is 6.33 Å². The molecule has 1 rings (SSSR count). The maximum Gasteiger partial charge on any atom is 0.138 e. The molecular formula is C13H26N4O. The predicted molar refractivity (Wildman–Crippen MR) is 72.7 cm³/mol. The molecule has 0 fully saturated rings. The van der Waals surface area contributed by atoms with Gasteiger partial charge >= 0.3 is 0 Å². The van der Waals surface area contributed by atoms with E-state index in [-0.39, 0.29) is 0 Å². The van der Waals surface area contributed by atoms with E-state index in [2.05, 4.69) is 36.2 Å². The standard InChI is InChI=1S/C13H26N4O/c1-5-7-18-8-6-12(14-4)9-13-15-10-16-17(13)11(2)3/h10-12,14H,5-9H2,1-4H3. The first-order valence-electron chi connectivity index (χ1n) is 6.82. The molecule has 0 saturated heterocycles. The second-order valence-corrected chi connectivity index (χ2v) is 4.81. The second-order valence-electron chi connectivity index (χ2n) is 4.81. The van der Waals surface area contributed by atoms with Crippen molar-refractivity contribution in [3.8, 4) is 0 Å². The Morgan fingerprint density at radius 1 is 1.39 bits per heavy atom. The fourth-order valence-electron chi connectivity index (χ4n) is 1.89. The molecule has 0 amide bonds. The van der Waals surface area contributed by atoms with Crippen LogP contribution in [0.2, 0.25) is 0 Å². The van der Waals surface area contributed by atoms with E-state index < -0.39 is 0 Å². The summed E-state index contributed by atoms with van der Waals surface area (Å²) in [6, 6.07) is 0.750. The van der Waals surface area contributed by atoms with Crippen molar-refractivity contribution < 1.29 is 4.74 Å². The van der Waals surface area contributed by atoms with E-state index in [0.717, 1.165) is 38.3 Å². The molecule has 0 aliphatic carbocycles. The number of hydrogen-bond acceptors (Lipinski definition) is 4. The zero-order valence-corrected chi connectivity index (χ0v) is 12.0. The highest BCUT2D eigenvalue weighted by Crippen LogP contribution is 2.09. The van der Waals surface area contributed by atoms with Crippen LogP contribution in [0.3, 0.4) is 0 Å². The summed E-state index contributed by atoms with van der Waals surface area (Å²) >= 11 is 0. The van der Waals surface area contributed by atoms with Crippen LogP contribution in [0.4, 0.5) is 0 Å². The largest absolute Gasteiger partial charge is 0.381 e. The van der Waals surface area contributed by atoms with Crippen molar-refractivity contribution in [1.29, 1.82) is 0 Å². The molecule has 0 aromatic carbocycles. The van der Waals surface area contributed by atoms with Crippen molar-refractivity contribution in [1.82, 2.24) is 20.1 Å². The van der Waals surface area contributed by atoms with Gasteiger partial charge in [-0.1, -0.05) is 6.92 Å². The maximum absolute atomic E-state index is 5.53. The average molecular weight is 254 g/mol. The Kier molecular flexibility index (Phi) is 6.90. The Balaban J connectivity index is 2.44. The fourth-order valence-corrected chi connectivity index (χ4v) is 1.89. The SMILES string of the molecule is CCCOCCC(Cc1ncnn1C(C)C)NC. The normalized spacial score (nSPS) is 13.2. The maximum atomic E-state index is 5.53. The van der Waals surface area contributed by atoms with Crippen LogP contribution < -0.4 is 5.32 Å². The van der Waals surface area contributed by atoms with Gasteiger partial charge in [0, 0.05) is 31.7 Å². The minimum atomic E-state index is 0.358. The number of nitrogens with one attached hydrogen (secondary N) is 1. The first kappa shape index (κ1) is 15.1. The van der Waals surface area contributed by atoms with Crippen LogP contribution in [0.25, 0.3) is 0 Å². The number of nitrogens with zero attached hydrogens (tertiary/aromatic N) is 3. The minimum Gasteiger partial charge on any atom is -0.381 e. The van der Waals surface area contributed by atoms with Crippen LogP contribution in [0.5, 0.6) is 0 Å². The van der Waals surface area contributed by atoms with Crippen LogP contribution in [-0.4, -0.2) is 41.1 Å². The van der Waals surface area contributed by atoms with E-state index >= 15 is 0 Å². The quantitative estimate of drug-likeness (QED) is 0.683. The van der Waals surface area contributed by atoms with E-state index in [9.17, 15) is 0 Å². The summed E-state index contributed by atoms with van der Waals surface area (Å²) in [4.78, 5) is 4.34. The Labute approximate surface area is 110 Å². The lowest BCUT2D eigenvalue weighted by Gasteiger charge is -2.17. The zero-order valence-electron chi connectivity index (χ0n) is 12.0. The number of hydrogen-bond donors (Lipinski definition) is 1. The van der Waals surface area contributed by atoms with Crippen molar-refractivity contribution in [3.05, 3.63) is 12.2 Å². The first-order valence-corrected chi connectivity index (χ1v) is 6.82. The van der Waals surface area contributed by atoms with Crippen molar-refractivity contribution in [2.45, 2.75) is 52.1 Å². The number of likely N-dealkylation sites (N-methyl/N-ethyl adjacent to an activating group) is 1. The number of ether oxygens (including phenoxy) is 1. The molecule has 1 atom stereocenters. The van der Waals surface area contributed by atoms with E-state index in [1.807, 2.05) is 11.7 Å². The smallest absolute Gasteiger partial charge is 0.138 e. The molecule has 1 aromatic heterocycles. The van der Waals surface area contributed by atoms with Crippen molar-refractivity contribution in [2.24, 2.45) is 0 Å². The lowest BCUT2D eigenvalue weighted by molar-refractivity contribution is 0.125. The summed E-state index contributed by atoms with van der Waals surface area (Å²) < 4.78 is 7.51. The summed E-state index contributed by atoms with van der Waals surface area (Å²) in [5, 5.41) is 7.58. The van der Waals surface area contributed by atoms with Gasteiger partial charge in [0.1, 0.15) is 12.2 Å². The second kappa shape index (κ2) is 8.21. The molecule has 1 unspecified atom stereocenters. The molecule has 0 spiro atoms. The molecule has 5 heteroatoms. The highest BCUT2D eigenvalue weighted by atomic mass is 16.5. The molecule has 1 aromatic rings. The molecule has 0 saturated carbocycles. The molecule has 0 aliphatic rings. The predicted octanol–water partition coefficient (Wildman–Crippen LogP) is 1.81. The molecule has 104 valence electrons. The average Bonchev–Trinajstić information content (AvgIpc) is 2.81. The van der Waals surface area contributed by atoms with Crippen LogP contribution >= 0.6 is 0 Å². The molecule has 0 bridgehead atoms. The topological polar surface area (TPSA) is 52.0 Å². The van der Waals surface area contributed by atoms with Gasteiger partial charge in [-0.05, 0) is 33.7 Å². The minimum absolute atomic E-state index is 0.358. The van der Waals surface area contributed by atoms with Crippen LogP contribution in [0.1, 0.15) is 45.5 Å². The van der Waals surface area contributed by atoms with Crippen molar-refractivity contribution in [3.63, 3.8) is 0 Å². The molecule has 0 aliphatic heterocycles. The Morgan fingerprint density at radius 2 is 2.17 bits per heavy atom. The van der Waals surface area contributed by atoms with Gasteiger partial charge < -0.3 is 10.1 Å². The van der Waals surface area contributed by atoms with Gasteiger partial charge in [0.2, 0.25) is 0 Å². The molecule has 0 radical (unpaired) electrons. The summed E-state index contributed by atoms with van der Waals surface area (Å²) in [6.07, 6.45) is 4.60. The summed E-state index contributed by atoms with van der Waals surface area (Å²) in [7, 11) is 1.99. The van der Waals surface area contributed by atoms with E-state index in [4.69, 9.17) is 4.74 Å². The van der Waals surface area contributed by atoms with Gasteiger partial charge in [-0.25, -0.2) is 9.67 Å². The lowest BCUT2D eigenvalue weighted by atomic mass is 10.1. The van der Waals surface area contributed by atoms with Crippen molar-refractivity contribution in [2.75, 3.05) is 20.3 Å². The van der Waals surface area contributed by atoms with Gasteiger partial charge in [0.05, 0.1) is 0 Å². The zero-order chi connectivity index (χ0) is 13.4. The third-order valence-electron chi connectivity index (χ3n) is 2.93. The van der Waals surface area contributed by atoms with Gasteiger partial charge in [0.25, 0.3) is 0 Å². The third kappa shape index (κ3) is 4.74. The number of rotatable bonds is 9. The first-order chi connectivity index (χ1) is 8.69. The summed E-state index contributed by atoms with van der Waals surface area (Å²) in [6.45, 7) is 8.02. The highest BCUT2D eigenvalue weighted by Gasteiger charge is 2.13. The van der Waals surface area contributed by atoms with Crippen molar-refractivity contribution >= 4 is 0 Å². The van der Waals surface area contributed by atoms with Gasteiger partial charge in [-0.2, -0.15) is 5.10 Å². The van der Waals surface area contributed by atoms with E-state index in [0.29, 0.717) is 12.1 Å². The third-order valence-corrected chi connectivity index (χ3v) is 2.93. The van der Waals surface area contributed by atoms with Gasteiger partial charge in [0.15, 0.2) is 0 Å². The summed E-state index contributed by atoms with van der Waals surface area (Å²) in [5.41, 5.74) is 0. The van der Waals surface area contributed by atoms with Crippen LogP contribution in [-0.2, 0) is 11.2 Å². The fraction of sp³-hybridized carbons (Fsp3) is 0.846. The summed E-state index contributed by atoms with van der Waals surface area (Å²) in [5.74, 6) is 1.04. The molecule has 5 nitrogen and oxygen atoms in total.